The first-order chi connectivity index (χ1) is 17.5. The van der Waals surface area contributed by atoms with Crippen molar-refractivity contribution in [2.75, 3.05) is 31.0 Å². The zero-order valence-corrected chi connectivity index (χ0v) is 23.5. The highest BCUT2D eigenvalue weighted by atomic mass is 35.5. The van der Waals surface area contributed by atoms with Crippen LogP contribution in [0.15, 0.2) is 12.4 Å². The third kappa shape index (κ3) is 5.15. The van der Waals surface area contributed by atoms with E-state index in [1.165, 1.54) is 0 Å². The van der Waals surface area contributed by atoms with Crippen LogP contribution in [0, 0.1) is 27.7 Å². The van der Waals surface area contributed by atoms with E-state index in [2.05, 4.69) is 25.2 Å². The summed E-state index contributed by atoms with van der Waals surface area (Å²) in [7, 11) is 3.32. The maximum absolute atomic E-state index is 11.0. The number of aryl methyl sites for hydroxylation is 2. The van der Waals surface area contributed by atoms with Gasteiger partial charge in [0.2, 0.25) is 5.95 Å². The molecule has 3 aromatic rings. The molecule has 0 spiro atoms. The molecular weight excluding hydrogens is 492 g/mol. The van der Waals surface area contributed by atoms with Crippen molar-refractivity contribution in [3.05, 3.63) is 56.8 Å². The van der Waals surface area contributed by atoms with Crippen LogP contribution in [0.5, 0.6) is 11.5 Å². The van der Waals surface area contributed by atoms with Crippen LogP contribution in [0.25, 0.3) is 0 Å². The number of aromatic nitrogens is 4. The summed E-state index contributed by atoms with van der Waals surface area (Å²) in [5, 5.41) is 14.5. The van der Waals surface area contributed by atoms with Crippen molar-refractivity contribution in [1.82, 2.24) is 19.9 Å². The molecule has 0 aliphatic carbocycles. The van der Waals surface area contributed by atoms with Crippen molar-refractivity contribution in [2.45, 2.75) is 66.2 Å². The topological polar surface area (TPSA) is 106 Å². The lowest BCUT2D eigenvalue weighted by Gasteiger charge is -2.27. The molecule has 10 heteroatoms. The smallest absolute Gasteiger partial charge is 0.226 e. The van der Waals surface area contributed by atoms with Gasteiger partial charge < -0.3 is 24.8 Å². The highest BCUT2D eigenvalue weighted by Crippen LogP contribution is 2.45. The molecule has 0 fully saturated rings. The minimum atomic E-state index is -1.02. The SMILES string of the molecule is COc1c(C)cnc(CNc2nc(Cl)c3c(n2)N(Cc2ncc(C)c(OC)c2C)CC3C(C)(C)O)c1C. The second-order valence-electron chi connectivity index (χ2n) is 10.1. The van der Waals surface area contributed by atoms with E-state index in [9.17, 15) is 5.11 Å². The van der Waals surface area contributed by atoms with Crippen molar-refractivity contribution >= 4 is 23.4 Å². The van der Waals surface area contributed by atoms with Crippen LogP contribution >= 0.6 is 11.6 Å². The number of anilines is 2. The molecule has 0 aromatic carbocycles. The van der Waals surface area contributed by atoms with Crippen LogP contribution in [0.1, 0.15) is 59.0 Å². The summed E-state index contributed by atoms with van der Waals surface area (Å²) in [5.41, 5.74) is 5.33. The van der Waals surface area contributed by atoms with E-state index in [4.69, 9.17) is 26.1 Å². The van der Waals surface area contributed by atoms with Crippen molar-refractivity contribution in [3.63, 3.8) is 0 Å². The van der Waals surface area contributed by atoms with Gasteiger partial charge in [0, 0.05) is 52.7 Å². The Balaban J connectivity index is 1.68. The highest BCUT2D eigenvalue weighted by Gasteiger charge is 2.41. The number of nitrogens with zero attached hydrogens (tertiary/aromatic N) is 5. The molecule has 1 atom stereocenters. The minimum Gasteiger partial charge on any atom is -0.496 e. The molecule has 1 aliphatic rings. The molecule has 0 amide bonds. The Labute approximate surface area is 223 Å². The highest BCUT2D eigenvalue weighted by molar-refractivity contribution is 6.30. The van der Waals surface area contributed by atoms with Crippen LogP contribution in [0.2, 0.25) is 5.15 Å². The summed E-state index contributed by atoms with van der Waals surface area (Å²) in [6.07, 6.45) is 3.61. The fraction of sp³-hybridized carbons (Fsp3) is 0.481. The van der Waals surface area contributed by atoms with Crippen molar-refractivity contribution in [1.29, 1.82) is 0 Å². The summed E-state index contributed by atoms with van der Waals surface area (Å²) in [6, 6.07) is 0. The van der Waals surface area contributed by atoms with E-state index >= 15 is 0 Å². The van der Waals surface area contributed by atoms with Crippen molar-refractivity contribution in [3.8, 4) is 11.5 Å². The van der Waals surface area contributed by atoms with E-state index in [0.717, 1.165) is 50.7 Å². The third-order valence-corrected chi connectivity index (χ3v) is 7.32. The summed E-state index contributed by atoms with van der Waals surface area (Å²) in [6.45, 7) is 12.9. The molecule has 4 heterocycles. The Morgan fingerprint density at radius 2 is 1.57 bits per heavy atom. The monoisotopic (exact) mass is 526 g/mol. The Morgan fingerprint density at radius 3 is 2.14 bits per heavy atom. The molecule has 0 bridgehead atoms. The van der Waals surface area contributed by atoms with Crippen LogP contribution in [-0.4, -0.2) is 51.4 Å². The maximum Gasteiger partial charge on any atom is 0.226 e. The third-order valence-electron chi connectivity index (χ3n) is 7.04. The summed E-state index contributed by atoms with van der Waals surface area (Å²) < 4.78 is 11.1. The second kappa shape index (κ2) is 10.3. The first-order valence-corrected chi connectivity index (χ1v) is 12.6. The fourth-order valence-corrected chi connectivity index (χ4v) is 5.28. The number of halogens is 1. The Bertz CT molecular complexity index is 1320. The van der Waals surface area contributed by atoms with Gasteiger partial charge in [-0.15, -0.1) is 0 Å². The van der Waals surface area contributed by atoms with Crippen molar-refractivity contribution in [2.24, 2.45) is 0 Å². The average molecular weight is 527 g/mol. The lowest BCUT2D eigenvalue weighted by Crippen LogP contribution is -2.33. The van der Waals surface area contributed by atoms with Crippen molar-refractivity contribution < 1.29 is 14.6 Å². The zero-order chi connectivity index (χ0) is 27.1. The first kappa shape index (κ1) is 26.9. The molecule has 1 unspecified atom stereocenters. The van der Waals surface area contributed by atoms with Crippen LogP contribution < -0.4 is 19.7 Å². The van der Waals surface area contributed by atoms with E-state index in [1.54, 1.807) is 34.3 Å². The molecule has 0 radical (unpaired) electrons. The Hall–Kier alpha value is -3.17. The summed E-state index contributed by atoms with van der Waals surface area (Å²) in [5.74, 6) is 2.44. The number of fused-ring (bicyclic) bond motifs is 1. The van der Waals surface area contributed by atoms with Gasteiger partial charge in [-0.2, -0.15) is 4.98 Å². The van der Waals surface area contributed by atoms with Gasteiger partial charge in [-0.05, 0) is 41.5 Å². The van der Waals surface area contributed by atoms with Gasteiger partial charge in [-0.1, -0.05) is 11.6 Å². The van der Waals surface area contributed by atoms with Gasteiger partial charge in [0.1, 0.15) is 22.5 Å². The van der Waals surface area contributed by atoms with Gasteiger partial charge >= 0.3 is 0 Å². The Kier molecular flexibility index (Phi) is 7.48. The molecule has 198 valence electrons. The molecule has 37 heavy (non-hydrogen) atoms. The number of hydrogen-bond donors (Lipinski definition) is 2. The first-order valence-electron chi connectivity index (χ1n) is 12.2. The molecule has 4 rings (SSSR count). The molecular formula is C27H35ClN6O3. The largest absolute Gasteiger partial charge is 0.496 e. The molecule has 0 saturated heterocycles. The van der Waals surface area contributed by atoms with E-state index in [1.807, 2.05) is 33.9 Å². The van der Waals surface area contributed by atoms with Gasteiger partial charge in [0.25, 0.3) is 0 Å². The standard InChI is InChI=1S/C27H35ClN6O3/c1-14-9-29-19(16(3)22(14)36-7)11-31-26-32-24(28)21-18(27(5,6)35)12-34(25(21)33-26)13-20-17(4)23(37-8)15(2)10-30-20/h9-10,18,35H,11-13H2,1-8H3,(H,31,32,33). The molecule has 0 saturated carbocycles. The lowest BCUT2D eigenvalue weighted by molar-refractivity contribution is 0.0546. The zero-order valence-electron chi connectivity index (χ0n) is 22.7. The van der Waals surface area contributed by atoms with Gasteiger partial charge in [-0.3, -0.25) is 9.97 Å². The number of rotatable bonds is 8. The molecule has 9 nitrogen and oxygen atoms in total. The van der Waals surface area contributed by atoms with Gasteiger partial charge in [0.05, 0.1) is 44.3 Å². The van der Waals surface area contributed by atoms with E-state index in [0.29, 0.717) is 36.6 Å². The van der Waals surface area contributed by atoms with Gasteiger partial charge in [-0.25, -0.2) is 4.98 Å². The number of aliphatic hydroxyl groups is 1. The van der Waals surface area contributed by atoms with Crippen LogP contribution in [0.4, 0.5) is 11.8 Å². The maximum atomic E-state index is 11.0. The molecule has 1 aliphatic heterocycles. The normalized spacial score (nSPS) is 15.1. The lowest BCUT2D eigenvalue weighted by atomic mass is 9.88. The van der Waals surface area contributed by atoms with E-state index in [-0.39, 0.29) is 5.92 Å². The predicted octanol–water partition coefficient (Wildman–Crippen LogP) is 4.66. The number of hydrogen-bond acceptors (Lipinski definition) is 9. The van der Waals surface area contributed by atoms with Crippen LogP contribution in [0.3, 0.4) is 0 Å². The van der Waals surface area contributed by atoms with Gasteiger partial charge in [0.15, 0.2) is 0 Å². The molecule has 2 N–H and O–H groups in total. The van der Waals surface area contributed by atoms with E-state index < -0.39 is 5.60 Å². The predicted molar refractivity (Wildman–Crippen MR) is 145 cm³/mol. The average Bonchev–Trinajstić information content (AvgIpc) is 3.20. The minimum absolute atomic E-state index is 0.262. The number of methoxy groups -OCH3 is 2. The number of nitrogens with one attached hydrogen (secondary N) is 1. The summed E-state index contributed by atoms with van der Waals surface area (Å²) >= 11 is 6.72. The fourth-order valence-electron chi connectivity index (χ4n) is 4.99. The Morgan fingerprint density at radius 1 is 1.00 bits per heavy atom. The number of pyridine rings is 2. The quantitative estimate of drug-likeness (QED) is 0.405. The van der Waals surface area contributed by atoms with Crippen LogP contribution in [-0.2, 0) is 13.1 Å². The molecule has 3 aromatic heterocycles. The second-order valence-corrected chi connectivity index (χ2v) is 10.5. The number of ether oxygens (including phenoxy) is 2. The summed E-state index contributed by atoms with van der Waals surface area (Å²) in [4.78, 5) is 20.7.